The SMILES string of the molecule is CNc1nc(C(N)=O)c(NC(=O)C23CC4CC(CC(C4)C2)C3)s1. The van der Waals surface area contributed by atoms with Crippen LogP contribution >= 0.6 is 11.3 Å². The zero-order valence-electron chi connectivity index (χ0n) is 13.2. The smallest absolute Gasteiger partial charge is 0.270 e. The molecule has 124 valence electrons. The molecule has 23 heavy (non-hydrogen) atoms. The van der Waals surface area contributed by atoms with E-state index in [-0.39, 0.29) is 17.0 Å². The van der Waals surface area contributed by atoms with Crippen LogP contribution < -0.4 is 16.4 Å². The van der Waals surface area contributed by atoms with Gasteiger partial charge in [-0.2, -0.15) is 0 Å². The van der Waals surface area contributed by atoms with Crippen molar-refractivity contribution in [2.45, 2.75) is 38.5 Å². The molecule has 0 spiro atoms. The van der Waals surface area contributed by atoms with Crippen LogP contribution in [0.2, 0.25) is 0 Å². The first-order valence-corrected chi connectivity index (χ1v) is 9.10. The quantitative estimate of drug-likeness (QED) is 0.788. The van der Waals surface area contributed by atoms with Gasteiger partial charge in [0.15, 0.2) is 10.8 Å². The zero-order valence-corrected chi connectivity index (χ0v) is 14.0. The summed E-state index contributed by atoms with van der Waals surface area (Å²) in [5.74, 6) is 1.57. The lowest BCUT2D eigenvalue weighted by atomic mass is 9.49. The number of thiazole rings is 1. The van der Waals surface area contributed by atoms with E-state index >= 15 is 0 Å². The standard InChI is InChI=1S/C16H22N4O2S/c1-18-15-19-11(12(17)21)13(23-15)20-14(22)16-5-8-2-9(6-16)4-10(3-8)7-16/h8-10H,2-7H2,1H3,(H2,17,21)(H,18,19)(H,20,22). The molecule has 6 nitrogen and oxygen atoms in total. The van der Waals surface area contributed by atoms with Gasteiger partial charge in [0.25, 0.3) is 5.91 Å². The Labute approximate surface area is 139 Å². The van der Waals surface area contributed by atoms with Gasteiger partial charge in [-0.1, -0.05) is 11.3 Å². The van der Waals surface area contributed by atoms with E-state index in [2.05, 4.69) is 15.6 Å². The molecule has 0 saturated heterocycles. The molecule has 2 amide bonds. The highest BCUT2D eigenvalue weighted by molar-refractivity contribution is 7.20. The molecule has 1 aromatic rings. The Balaban J connectivity index is 1.59. The van der Waals surface area contributed by atoms with Crippen LogP contribution in [0.25, 0.3) is 0 Å². The molecule has 4 fully saturated rings. The first-order chi connectivity index (χ1) is 11.0. The predicted octanol–water partition coefficient (Wildman–Crippen LogP) is 2.44. The van der Waals surface area contributed by atoms with Gasteiger partial charge in [0.1, 0.15) is 5.00 Å². The van der Waals surface area contributed by atoms with Gasteiger partial charge in [-0.3, -0.25) is 9.59 Å². The first kappa shape index (κ1) is 14.9. The third-order valence-electron chi connectivity index (χ3n) is 5.82. The van der Waals surface area contributed by atoms with Crippen molar-refractivity contribution >= 4 is 33.3 Å². The highest BCUT2D eigenvalue weighted by Gasteiger charge is 2.54. The van der Waals surface area contributed by atoms with Gasteiger partial charge >= 0.3 is 0 Å². The summed E-state index contributed by atoms with van der Waals surface area (Å²) in [7, 11) is 1.73. The molecule has 0 atom stereocenters. The number of primary amides is 1. The van der Waals surface area contributed by atoms with Crippen molar-refractivity contribution in [1.29, 1.82) is 0 Å². The number of carbonyl (C=O) groups is 2. The van der Waals surface area contributed by atoms with Crippen molar-refractivity contribution in [2.24, 2.45) is 28.9 Å². The number of nitrogens with two attached hydrogens (primary N) is 1. The molecule has 5 rings (SSSR count). The van der Waals surface area contributed by atoms with Crippen molar-refractivity contribution < 1.29 is 9.59 Å². The number of hydrogen-bond donors (Lipinski definition) is 3. The van der Waals surface area contributed by atoms with Crippen molar-refractivity contribution in [3.05, 3.63) is 5.69 Å². The Morgan fingerprint density at radius 2 is 1.74 bits per heavy atom. The molecule has 0 unspecified atom stereocenters. The van der Waals surface area contributed by atoms with Crippen LogP contribution in [0.15, 0.2) is 0 Å². The van der Waals surface area contributed by atoms with Gasteiger partial charge in [-0.05, 0) is 56.3 Å². The highest BCUT2D eigenvalue weighted by Crippen LogP contribution is 2.60. The largest absolute Gasteiger partial charge is 0.365 e. The van der Waals surface area contributed by atoms with Gasteiger partial charge in [0.05, 0.1) is 5.41 Å². The lowest BCUT2D eigenvalue weighted by molar-refractivity contribution is -0.140. The summed E-state index contributed by atoms with van der Waals surface area (Å²) >= 11 is 1.27. The Hall–Kier alpha value is -1.63. The maximum absolute atomic E-state index is 13.0. The van der Waals surface area contributed by atoms with E-state index in [0.29, 0.717) is 27.9 Å². The molecule has 4 saturated carbocycles. The summed E-state index contributed by atoms with van der Waals surface area (Å²) in [5, 5.41) is 6.94. The second-order valence-corrected chi connectivity index (χ2v) is 8.46. The maximum Gasteiger partial charge on any atom is 0.270 e. The number of rotatable bonds is 4. The fourth-order valence-corrected chi connectivity index (χ4v) is 6.12. The first-order valence-electron chi connectivity index (χ1n) is 8.29. The number of nitrogens with one attached hydrogen (secondary N) is 2. The fraction of sp³-hybridized carbons (Fsp3) is 0.688. The molecule has 1 heterocycles. The monoisotopic (exact) mass is 334 g/mol. The summed E-state index contributed by atoms with van der Waals surface area (Å²) in [6.07, 6.45) is 6.87. The molecule has 0 aromatic carbocycles. The molecule has 0 aliphatic heterocycles. The Morgan fingerprint density at radius 1 is 1.17 bits per heavy atom. The zero-order chi connectivity index (χ0) is 16.2. The van der Waals surface area contributed by atoms with E-state index in [1.165, 1.54) is 30.6 Å². The molecule has 0 radical (unpaired) electrons. The van der Waals surface area contributed by atoms with Gasteiger partial charge in [-0.15, -0.1) is 0 Å². The topological polar surface area (TPSA) is 97.1 Å². The number of aromatic nitrogens is 1. The van der Waals surface area contributed by atoms with Crippen molar-refractivity contribution in [2.75, 3.05) is 17.7 Å². The van der Waals surface area contributed by atoms with E-state index in [4.69, 9.17) is 5.73 Å². The molecule has 1 aromatic heterocycles. The molecule has 4 aliphatic carbocycles. The number of nitrogens with zero attached hydrogens (tertiary/aromatic N) is 1. The second-order valence-electron chi connectivity index (χ2n) is 7.46. The summed E-state index contributed by atoms with van der Waals surface area (Å²) in [6.45, 7) is 0. The van der Waals surface area contributed by atoms with Gasteiger partial charge in [-0.25, -0.2) is 4.98 Å². The molecule has 4 bridgehead atoms. The van der Waals surface area contributed by atoms with Crippen LogP contribution in [-0.4, -0.2) is 23.8 Å². The molecular formula is C16H22N4O2S. The van der Waals surface area contributed by atoms with Crippen LogP contribution in [0.1, 0.15) is 49.0 Å². The Bertz CT molecular complexity index is 634. The van der Waals surface area contributed by atoms with Crippen LogP contribution in [-0.2, 0) is 4.79 Å². The third-order valence-corrected chi connectivity index (χ3v) is 6.81. The maximum atomic E-state index is 13.0. The molecule has 7 heteroatoms. The number of anilines is 2. The minimum Gasteiger partial charge on any atom is -0.365 e. The second kappa shape index (κ2) is 5.19. The molecule has 4 N–H and O–H groups in total. The van der Waals surface area contributed by atoms with Gasteiger partial charge < -0.3 is 16.4 Å². The van der Waals surface area contributed by atoms with Crippen molar-refractivity contribution in [3.63, 3.8) is 0 Å². The third kappa shape index (κ3) is 2.41. The van der Waals surface area contributed by atoms with E-state index in [9.17, 15) is 9.59 Å². The van der Waals surface area contributed by atoms with Crippen molar-refractivity contribution in [3.8, 4) is 0 Å². The Morgan fingerprint density at radius 3 is 2.22 bits per heavy atom. The summed E-state index contributed by atoms with van der Waals surface area (Å²) < 4.78 is 0. The van der Waals surface area contributed by atoms with Crippen LogP contribution in [0.5, 0.6) is 0 Å². The van der Waals surface area contributed by atoms with E-state index in [0.717, 1.165) is 19.3 Å². The summed E-state index contributed by atoms with van der Waals surface area (Å²) in [5.41, 5.74) is 5.30. The fourth-order valence-electron chi connectivity index (χ4n) is 5.30. The number of amides is 2. The Kier molecular flexibility index (Phi) is 3.37. The minimum absolute atomic E-state index is 0.0606. The predicted molar refractivity (Wildman–Crippen MR) is 89.4 cm³/mol. The van der Waals surface area contributed by atoms with E-state index in [1.807, 2.05) is 0 Å². The van der Waals surface area contributed by atoms with Crippen LogP contribution in [0, 0.1) is 23.2 Å². The van der Waals surface area contributed by atoms with Gasteiger partial charge in [0, 0.05) is 7.05 Å². The minimum atomic E-state index is -0.608. The molecular weight excluding hydrogens is 312 g/mol. The normalized spacial score (nSPS) is 34.4. The average Bonchev–Trinajstić information content (AvgIpc) is 2.89. The van der Waals surface area contributed by atoms with E-state index in [1.54, 1.807) is 7.05 Å². The van der Waals surface area contributed by atoms with Crippen LogP contribution in [0.3, 0.4) is 0 Å². The molecule has 4 aliphatic rings. The van der Waals surface area contributed by atoms with Crippen molar-refractivity contribution in [1.82, 2.24) is 4.98 Å². The van der Waals surface area contributed by atoms with E-state index < -0.39 is 5.91 Å². The number of hydrogen-bond acceptors (Lipinski definition) is 5. The summed E-state index contributed by atoms with van der Waals surface area (Å²) in [6, 6.07) is 0. The highest BCUT2D eigenvalue weighted by atomic mass is 32.1. The number of carbonyl (C=O) groups excluding carboxylic acids is 2. The summed E-state index contributed by atoms with van der Waals surface area (Å²) in [4.78, 5) is 28.7. The van der Waals surface area contributed by atoms with Crippen LogP contribution in [0.4, 0.5) is 10.1 Å². The van der Waals surface area contributed by atoms with Gasteiger partial charge in [0.2, 0.25) is 5.91 Å². The lowest BCUT2D eigenvalue weighted by Crippen LogP contribution is -2.51. The average molecular weight is 334 g/mol. The lowest BCUT2D eigenvalue weighted by Gasteiger charge is -2.55.